The van der Waals surface area contributed by atoms with Gasteiger partial charge in [-0.3, -0.25) is 10.1 Å². The van der Waals surface area contributed by atoms with Gasteiger partial charge in [-0.05, 0) is 61.4 Å². The first-order valence-corrected chi connectivity index (χ1v) is 11.0. The second kappa shape index (κ2) is 11.2. The molecule has 0 radical (unpaired) electrons. The second-order valence-corrected chi connectivity index (χ2v) is 7.45. The van der Waals surface area contributed by atoms with Crippen LogP contribution in [-0.2, 0) is 4.79 Å². The number of nitrogens with one attached hydrogen (secondary N) is 1. The number of unbranched alkanes of at least 4 members (excludes halogenated alkanes) is 1. The Kier molecular flexibility index (Phi) is 8.03. The van der Waals surface area contributed by atoms with E-state index in [0.717, 1.165) is 47.8 Å². The van der Waals surface area contributed by atoms with Crippen LogP contribution in [0, 0.1) is 0 Å². The van der Waals surface area contributed by atoms with Crippen molar-refractivity contribution in [3.8, 4) is 22.8 Å². The number of hydrogen-bond acceptors (Lipinski definition) is 5. The monoisotopic (exact) mass is 422 g/mol. The van der Waals surface area contributed by atoms with Crippen molar-refractivity contribution in [1.82, 2.24) is 4.98 Å². The summed E-state index contributed by atoms with van der Waals surface area (Å²) in [5, 5.41) is 5.31. The van der Waals surface area contributed by atoms with Crippen LogP contribution in [0.25, 0.3) is 17.3 Å². The Bertz CT molecular complexity index is 963. The minimum Gasteiger partial charge on any atom is -0.494 e. The van der Waals surface area contributed by atoms with Crippen molar-refractivity contribution in [3.63, 3.8) is 0 Å². The smallest absolute Gasteiger partial charge is 0.250 e. The highest BCUT2D eigenvalue weighted by molar-refractivity contribution is 7.14. The zero-order valence-corrected chi connectivity index (χ0v) is 18.1. The van der Waals surface area contributed by atoms with E-state index in [9.17, 15) is 4.79 Å². The quantitative estimate of drug-likeness (QED) is 0.320. The number of carbonyl (C=O) groups is 1. The van der Waals surface area contributed by atoms with Crippen LogP contribution in [0.5, 0.6) is 11.5 Å². The minimum atomic E-state index is -0.218. The zero-order chi connectivity index (χ0) is 21.2. The Labute approximate surface area is 181 Å². The molecule has 0 atom stereocenters. The maximum Gasteiger partial charge on any atom is 0.250 e. The molecule has 0 unspecified atom stereocenters. The standard InChI is InChI=1S/C24H26N2O3S/c1-3-5-16-29-21-13-9-19(10-14-21)22-17-30-24(25-22)26-23(27)15-8-18-6-11-20(12-7-18)28-4-2/h6-15,17H,3-5,16H2,1-2H3,(H,25,26,27)/b15-8+. The summed E-state index contributed by atoms with van der Waals surface area (Å²) in [6.45, 7) is 5.44. The molecule has 30 heavy (non-hydrogen) atoms. The predicted octanol–water partition coefficient (Wildman–Crippen LogP) is 6.04. The first kappa shape index (κ1) is 21.6. The Morgan fingerprint density at radius 2 is 1.73 bits per heavy atom. The number of benzene rings is 2. The third kappa shape index (κ3) is 6.46. The SMILES string of the molecule is CCCCOc1ccc(-c2csc(NC(=O)/C=C/c3ccc(OCC)cc3)n2)cc1. The molecule has 0 aliphatic carbocycles. The molecular formula is C24H26N2O3S. The molecule has 5 nitrogen and oxygen atoms in total. The number of nitrogens with zero attached hydrogens (tertiary/aromatic N) is 1. The molecule has 1 N–H and O–H groups in total. The first-order chi connectivity index (χ1) is 14.7. The number of hydrogen-bond donors (Lipinski definition) is 1. The van der Waals surface area contributed by atoms with Crippen molar-refractivity contribution < 1.29 is 14.3 Å². The highest BCUT2D eigenvalue weighted by Gasteiger charge is 2.07. The Hall–Kier alpha value is -3.12. The van der Waals surface area contributed by atoms with Gasteiger partial charge < -0.3 is 9.47 Å². The molecule has 0 aliphatic heterocycles. The Morgan fingerprint density at radius 3 is 2.43 bits per heavy atom. The highest BCUT2D eigenvalue weighted by atomic mass is 32.1. The number of amides is 1. The van der Waals surface area contributed by atoms with Gasteiger partial charge in [-0.15, -0.1) is 11.3 Å². The molecule has 0 spiro atoms. The molecule has 1 amide bonds. The Balaban J connectivity index is 1.54. The largest absolute Gasteiger partial charge is 0.494 e. The van der Waals surface area contributed by atoms with Crippen molar-refractivity contribution >= 4 is 28.5 Å². The molecule has 6 heteroatoms. The molecule has 2 aromatic carbocycles. The van der Waals surface area contributed by atoms with Crippen molar-refractivity contribution in [2.24, 2.45) is 0 Å². The number of aromatic nitrogens is 1. The lowest BCUT2D eigenvalue weighted by atomic mass is 10.2. The fourth-order valence-electron chi connectivity index (χ4n) is 2.68. The van der Waals surface area contributed by atoms with Gasteiger partial charge in [-0.25, -0.2) is 4.98 Å². The van der Waals surface area contributed by atoms with Gasteiger partial charge in [0.25, 0.3) is 0 Å². The van der Waals surface area contributed by atoms with E-state index in [2.05, 4.69) is 17.2 Å². The van der Waals surface area contributed by atoms with Gasteiger partial charge in [0.1, 0.15) is 11.5 Å². The molecule has 0 bridgehead atoms. The van der Waals surface area contributed by atoms with Crippen molar-refractivity contribution in [3.05, 3.63) is 65.6 Å². The molecule has 3 aromatic rings. The van der Waals surface area contributed by atoms with Gasteiger partial charge in [-0.1, -0.05) is 25.5 Å². The molecule has 1 heterocycles. The maximum atomic E-state index is 12.2. The lowest BCUT2D eigenvalue weighted by Crippen LogP contribution is -2.07. The van der Waals surface area contributed by atoms with Crippen molar-refractivity contribution in [1.29, 1.82) is 0 Å². The molecule has 156 valence electrons. The van der Waals surface area contributed by atoms with Gasteiger partial charge in [0, 0.05) is 17.0 Å². The summed E-state index contributed by atoms with van der Waals surface area (Å²) in [6, 6.07) is 15.4. The van der Waals surface area contributed by atoms with Crippen molar-refractivity contribution in [2.45, 2.75) is 26.7 Å². The van der Waals surface area contributed by atoms with E-state index in [4.69, 9.17) is 9.47 Å². The summed E-state index contributed by atoms with van der Waals surface area (Å²) in [4.78, 5) is 16.7. The summed E-state index contributed by atoms with van der Waals surface area (Å²) in [6.07, 6.45) is 5.42. The van der Waals surface area contributed by atoms with Gasteiger partial charge in [0.05, 0.1) is 18.9 Å². The number of ether oxygens (including phenoxy) is 2. The van der Waals surface area contributed by atoms with E-state index in [1.807, 2.05) is 60.8 Å². The van der Waals surface area contributed by atoms with Crippen LogP contribution in [0.1, 0.15) is 32.3 Å². The van der Waals surface area contributed by atoms with Crippen molar-refractivity contribution in [2.75, 3.05) is 18.5 Å². The number of anilines is 1. The van der Waals surface area contributed by atoms with Gasteiger partial charge >= 0.3 is 0 Å². The van der Waals surface area contributed by atoms with E-state index in [-0.39, 0.29) is 5.91 Å². The summed E-state index contributed by atoms with van der Waals surface area (Å²) >= 11 is 1.40. The number of rotatable bonds is 10. The molecule has 0 fully saturated rings. The first-order valence-electron chi connectivity index (χ1n) is 10.1. The van der Waals surface area contributed by atoms with E-state index >= 15 is 0 Å². The molecule has 0 saturated carbocycles. The van der Waals surface area contributed by atoms with Crippen LogP contribution < -0.4 is 14.8 Å². The lowest BCUT2D eigenvalue weighted by molar-refractivity contribution is -0.111. The van der Waals surface area contributed by atoms with Gasteiger partial charge in [0.2, 0.25) is 5.91 Å². The number of thiazole rings is 1. The fourth-order valence-corrected chi connectivity index (χ4v) is 3.40. The summed E-state index contributed by atoms with van der Waals surface area (Å²) in [7, 11) is 0. The lowest BCUT2D eigenvalue weighted by Gasteiger charge is -2.05. The van der Waals surface area contributed by atoms with Gasteiger partial charge in [-0.2, -0.15) is 0 Å². The van der Waals surface area contributed by atoms with Crippen LogP contribution in [-0.4, -0.2) is 24.1 Å². The van der Waals surface area contributed by atoms with Crippen LogP contribution >= 0.6 is 11.3 Å². The van der Waals surface area contributed by atoms with Crippen LogP contribution in [0.4, 0.5) is 5.13 Å². The minimum absolute atomic E-state index is 0.218. The zero-order valence-electron chi connectivity index (χ0n) is 17.3. The van der Waals surface area contributed by atoms with Crippen LogP contribution in [0.3, 0.4) is 0 Å². The van der Waals surface area contributed by atoms with Crippen LogP contribution in [0.2, 0.25) is 0 Å². The third-order valence-corrected chi connectivity index (χ3v) is 5.03. The molecule has 3 rings (SSSR count). The van der Waals surface area contributed by atoms with Gasteiger partial charge in [0.15, 0.2) is 5.13 Å². The predicted molar refractivity (Wildman–Crippen MR) is 123 cm³/mol. The molecule has 0 saturated heterocycles. The summed E-state index contributed by atoms with van der Waals surface area (Å²) in [5.74, 6) is 1.45. The topological polar surface area (TPSA) is 60.5 Å². The normalized spacial score (nSPS) is 10.9. The molecular weight excluding hydrogens is 396 g/mol. The van der Waals surface area contributed by atoms with E-state index in [1.54, 1.807) is 6.08 Å². The highest BCUT2D eigenvalue weighted by Crippen LogP contribution is 2.26. The second-order valence-electron chi connectivity index (χ2n) is 6.59. The third-order valence-electron chi connectivity index (χ3n) is 4.27. The van der Waals surface area contributed by atoms with Crippen LogP contribution in [0.15, 0.2) is 60.0 Å². The molecule has 0 aliphatic rings. The van der Waals surface area contributed by atoms with E-state index in [0.29, 0.717) is 11.7 Å². The molecule has 1 aromatic heterocycles. The fraction of sp³-hybridized carbons (Fsp3) is 0.250. The maximum absolute atomic E-state index is 12.2. The van der Waals surface area contributed by atoms with E-state index < -0.39 is 0 Å². The van der Waals surface area contributed by atoms with E-state index in [1.165, 1.54) is 17.4 Å². The number of carbonyl (C=O) groups excluding carboxylic acids is 1. The average molecular weight is 423 g/mol. The Morgan fingerprint density at radius 1 is 1.03 bits per heavy atom. The summed E-state index contributed by atoms with van der Waals surface area (Å²) in [5.41, 5.74) is 2.74. The summed E-state index contributed by atoms with van der Waals surface area (Å²) < 4.78 is 11.1. The average Bonchev–Trinajstić information content (AvgIpc) is 3.22.